The Morgan fingerprint density at radius 3 is 1.83 bits per heavy atom. The highest BCUT2D eigenvalue weighted by molar-refractivity contribution is 9.10. The van der Waals surface area contributed by atoms with Crippen LogP contribution in [0.4, 0.5) is 11.4 Å². The maximum Gasteiger partial charge on any atom is 0.269 e. The first kappa shape index (κ1) is 24.3. The van der Waals surface area contributed by atoms with Gasteiger partial charge in [0.25, 0.3) is 11.4 Å². The highest BCUT2D eigenvalue weighted by Gasteiger charge is 2.27. The standard InChI is InChI=1S/C11H13NO3S.C8H8BrNO3S/c1-16(15)7-9-6-10(12(13)14)4-5-11(9)8-2-3-8;1-14(13)5-6-4-7(10(11)12)2-3-8(6)9/h4-6,8H,2-3,7H2,1H3;2-4H,5H2,1H3. The van der Waals surface area contributed by atoms with Crippen LogP contribution < -0.4 is 0 Å². The summed E-state index contributed by atoms with van der Waals surface area (Å²) in [6, 6.07) is 9.36. The molecule has 0 radical (unpaired) electrons. The van der Waals surface area contributed by atoms with Crippen LogP contribution in [-0.2, 0) is 33.1 Å². The van der Waals surface area contributed by atoms with Gasteiger partial charge < -0.3 is 0 Å². The predicted octanol–water partition coefficient (Wildman–Crippen LogP) is 4.59. The van der Waals surface area contributed by atoms with Gasteiger partial charge in [0.1, 0.15) is 0 Å². The van der Waals surface area contributed by atoms with E-state index in [1.54, 1.807) is 24.6 Å². The van der Waals surface area contributed by atoms with E-state index in [-0.39, 0.29) is 11.4 Å². The molecule has 0 bridgehead atoms. The predicted molar refractivity (Wildman–Crippen MR) is 121 cm³/mol. The van der Waals surface area contributed by atoms with Crippen LogP contribution in [-0.4, -0.2) is 30.8 Å². The Bertz CT molecular complexity index is 1010. The fourth-order valence-electron chi connectivity index (χ4n) is 2.85. The van der Waals surface area contributed by atoms with Gasteiger partial charge in [0, 0.05) is 74.4 Å². The number of nitro groups is 2. The lowest BCUT2D eigenvalue weighted by atomic mass is 10.0. The van der Waals surface area contributed by atoms with Crippen molar-refractivity contribution in [2.45, 2.75) is 30.3 Å². The molecule has 0 spiro atoms. The minimum atomic E-state index is -1.00. The van der Waals surface area contributed by atoms with Crippen molar-refractivity contribution in [1.82, 2.24) is 0 Å². The van der Waals surface area contributed by atoms with Crippen LogP contribution in [0.2, 0.25) is 0 Å². The average Bonchev–Trinajstić information content (AvgIpc) is 3.48. The van der Waals surface area contributed by atoms with E-state index in [0.29, 0.717) is 23.0 Å². The summed E-state index contributed by atoms with van der Waals surface area (Å²) in [6.07, 6.45) is 5.46. The monoisotopic (exact) mass is 516 g/mol. The van der Waals surface area contributed by atoms with Gasteiger partial charge in [0.2, 0.25) is 0 Å². The van der Waals surface area contributed by atoms with Gasteiger partial charge in [-0.05, 0) is 41.5 Å². The zero-order valence-corrected chi connectivity index (χ0v) is 19.6. The number of rotatable bonds is 7. The first-order valence-electron chi connectivity index (χ1n) is 8.88. The summed E-state index contributed by atoms with van der Waals surface area (Å²) in [6.45, 7) is 0. The van der Waals surface area contributed by atoms with Crippen molar-refractivity contribution in [1.29, 1.82) is 0 Å². The summed E-state index contributed by atoms with van der Waals surface area (Å²) in [7, 11) is -1.96. The molecule has 2 unspecified atom stereocenters. The van der Waals surface area contributed by atoms with Gasteiger partial charge >= 0.3 is 0 Å². The fraction of sp³-hybridized carbons (Fsp3) is 0.368. The second-order valence-corrected chi connectivity index (χ2v) is 10.6. The summed E-state index contributed by atoms with van der Waals surface area (Å²) in [5.74, 6) is 1.26. The summed E-state index contributed by atoms with van der Waals surface area (Å²) in [5.41, 5.74) is 2.82. The van der Waals surface area contributed by atoms with Crippen LogP contribution in [0.5, 0.6) is 0 Å². The van der Waals surface area contributed by atoms with Gasteiger partial charge in [-0.15, -0.1) is 0 Å². The lowest BCUT2D eigenvalue weighted by molar-refractivity contribution is -0.385. The zero-order valence-electron chi connectivity index (χ0n) is 16.4. The molecule has 0 aliphatic heterocycles. The Hall–Kier alpha value is -1.98. The molecular formula is C19H21BrN2O6S2. The average molecular weight is 517 g/mol. The Labute approximate surface area is 187 Å². The molecule has 0 N–H and O–H groups in total. The second-order valence-electron chi connectivity index (χ2n) is 6.88. The Morgan fingerprint density at radius 2 is 1.37 bits per heavy atom. The van der Waals surface area contributed by atoms with E-state index in [1.165, 1.54) is 18.2 Å². The first-order chi connectivity index (χ1) is 14.1. The molecule has 1 saturated carbocycles. The number of non-ortho nitro benzene ring substituents is 2. The molecule has 30 heavy (non-hydrogen) atoms. The maximum atomic E-state index is 11.2. The van der Waals surface area contributed by atoms with Gasteiger partial charge in [0.15, 0.2) is 0 Å². The third-order valence-corrected chi connectivity index (χ3v) is 6.52. The smallest absolute Gasteiger partial charge is 0.260 e. The van der Waals surface area contributed by atoms with E-state index in [9.17, 15) is 28.6 Å². The van der Waals surface area contributed by atoms with Crippen LogP contribution in [0.1, 0.15) is 35.4 Å². The summed E-state index contributed by atoms with van der Waals surface area (Å²) in [5, 5.41) is 21.1. The van der Waals surface area contributed by atoms with Crippen LogP contribution in [0.3, 0.4) is 0 Å². The van der Waals surface area contributed by atoms with Crippen LogP contribution in [0.25, 0.3) is 0 Å². The number of hydrogen-bond acceptors (Lipinski definition) is 6. The molecule has 0 heterocycles. The van der Waals surface area contributed by atoms with E-state index in [1.807, 2.05) is 6.07 Å². The van der Waals surface area contributed by atoms with Gasteiger partial charge in [-0.2, -0.15) is 0 Å². The summed E-state index contributed by atoms with van der Waals surface area (Å²) >= 11 is 3.25. The third kappa shape index (κ3) is 7.37. The van der Waals surface area contributed by atoms with Crippen LogP contribution >= 0.6 is 15.9 Å². The molecule has 8 nitrogen and oxygen atoms in total. The quantitative estimate of drug-likeness (QED) is 0.392. The second kappa shape index (κ2) is 10.9. The van der Waals surface area contributed by atoms with Crippen molar-refractivity contribution in [2.24, 2.45) is 0 Å². The Balaban J connectivity index is 0.000000216. The van der Waals surface area contributed by atoms with Crippen molar-refractivity contribution >= 4 is 48.9 Å². The number of nitro benzene ring substituents is 2. The maximum absolute atomic E-state index is 11.2. The van der Waals surface area contributed by atoms with Gasteiger partial charge in [-0.25, -0.2) is 0 Å². The minimum absolute atomic E-state index is 0.0219. The molecule has 1 aliphatic carbocycles. The van der Waals surface area contributed by atoms with Crippen LogP contribution in [0, 0.1) is 20.2 Å². The molecule has 2 atom stereocenters. The normalized spacial score (nSPS) is 14.9. The van der Waals surface area contributed by atoms with Crippen molar-refractivity contribution in [2.75, 3.05) is 12.5 Å². The largest absolute Gasteiger partial charge is 0.269 e. The molecule has 0 aromatic heterocycles. The highest BCUT2D eigenvalue weighted by Crippen LogP contribution is 2.42. The van der Waals surface area contributed by atoms with Crippen molar-refractivity contribution < 1.29 is 18.3 Å². The third-order valence-electron chi connectivity index (χ3n) is 4.31. The molecule has 1 fully saturated rings. The van der Waals surface area contributed by atoms with Crippen molar-refractivity contribution in [3.8, 4) is 0 Å². The molecule has 162 valence electrons. The molecule has 2 aromatic rings. The molecule has 11 heteroatoms. The first-order valence-corrected chi connectivity index (χ1v) is 13.1. The lowest BCUT2D eigenvalue weighted by Crippen LogP contribution is -1.99. The summed E-state index contributed by atoms with van der Waals surface area (Å²) < 4.78 is 22.9. The Morgan fingerprint density at radius 1 is 0.900 bits per heavy atom. The lowest BCUT2D eigenvalue weighted by Gasteiger charge is -2.06. The molecule has 2 aromatic carbocycles. The molecule has 1 aliphatic rings. The van der Waals surface area contributed by atoms with E-state index < -0.39 is 31.4 Å². The fourth-order valence-corrected chi connectivity index (χ4v) is 4.78. The summed E-state index contributed by atoms with van der Waals surface area (Å²) in [4.78, 5) is 20.3. The van der Waals surface area contributed by atoms with Crippen molar-refractivity contribution in [3.63, 3.8) is 0 Å². The zero-order chi connectivity index (χ0) is 22.4. The van der Waals surface area contributed by atoms with Crippen LogP contribution in [0.15, 0.2) is 40.9 Å². The number of halogens is 1. The Kier molecular flexibility index (Phi) is 8.80. The van der Waals surface area contributed by atoms with E-state index in [2.05, 4.69) is 15.9 Å². The molecule has 0 amide bonds. The van der Waals surface area contributed by atoms with E-state index in [0.717, 1.165) is 28.4 Å². The highest BCUT2D eigenvalue weighted by atomic mass is 79.9. The van der Waals surface area contributed by atoms with E-state index in [4.69, 9.17) is 0 Å². The topological polar surface area (TPSA) is 120 Å². The van der Waals surface area contributed by atoms with E-state index >= 15 is 0 Å². The number of benzene rings is 2. The van der Waals surface area contributed by atoms with Gasteiger partial charge in [-0.3, -0.25) is 28.6 Å². The van der Waals surface area contributed by atoms with Gasteiger partial charge in [0.05, 0.1) is 9.85 Å². The number of nitrogens with zero attached hydrogens (tertiary/aromatic N) is 2. The molecule has 0 saturated heterocycles. The number of hydrogen-bond donors (Lipinski definition) is 0. The van der Waals surface area contributed by atoms with Gasteiger partial charge in [-0.1, -0.05) is 22.0 Å². The van der Waals surface area contributed by atoms with Crippen molar-refractivity contribution in [3.05, 3.63) is 77.8 Å². The molecule has 3 rings (SSSR count). The molecular weight excluding hydrogens is 496 g/mol. The SMILES string of the molecule is CS(=O)Cc1cc([N+](=O)[O-])ccc1Br.CS(=O)Cc1cc([N+](=O)[O-])ccc1C1CC1. The minimum Gasteiger partial charge on any atom is -0.260 e.